The molecule has 66 valence electrons. The van der Waals surface area contributed by atoms with Gasteiger partial charge in [-0.3, -0.25) is 4.79 Å². The Morgan fingerprint density at radius 3 is 3.17 bits per heavy atom. The fourth-order valence-electron chi connectivity index (χ4n) is 1.11. The average molecular weight is 166 g/mol. The van der Waals surface area contributed by atoms with Crippen LogP contribution >= 0.6 is 0 Å². The molecule has 0 fully saturated rings. The van der Waals surface area contributed by atoms with E-state index in [1.165, 1.54) is 0 Å². The van der Waals surface area contributed by atoms with E-state index in [-0.39, 0.29) is 11.9 Å². The monoisotopic (exact) mass is 166 g/mol. The number of ether oxygens (including phenoxy) is 1. The Morgan fingerprint density at radius 2 is 2.58 bits per heavy atom. The van der Waals surface area contributed by atoms with Crippen LogP contribution in [0, 0.1) is 0 Å². The third-order valence-electron chi connectivity index (χ3n) is 1.85. The van der Waals surface area contributed by atoms with E-state index < -0.39 is 0 Å². The molecule has 0 bridgehead atoms. The van der Waals surface area contributed by atoms with Gasteiger partial charge in [0.15, 0.2) is 0 Å². The minimum atomic E-state index is 0.134. The largest absolute Gasteiger partial charge is 0.370 e. The van der Waals surface area contributed by atoms with Crippen molar-refractivity contribution in [2.45, 2.75) is 26.4 Å². The summed E-state index contributed by atoms with van der Waals surface area (Å²) in [5.74, 6) is 0.189. The highest BCUT2D eigenvalue weighted by Crippen LogP contribution is 2.13. The van der Waals surface area contributed by atoms with E-state index in [2.05, 4.69) is 0 Å². The molecule has 1 aliphatic heterocycles. The van der Waals surface area contributed by atoms with Crippen LogP contribution in [0.5, 0.6) is 0 Å². The van der Waals surface area contributed by atoms with Crippen LogP contribution in [-0.4, -0.2) is 18.5 Å². The van der Waals surface area contributed by atoms with Gasteiger partial charge in [-0.2, -0.15) is 0 Å². The third-order valence-corrected chi connectivity index (χ3v) is 1.85. The first-order valence-corrected chi connectivity index (χ1v) is 4.18. The van der Waals surface area contributed by atoms with Crippen molar-refractivity contribution in [2.24, 2.45) is 0 Å². The van der Waals surface area contributed by atoms with Crippen molar-refractivity contribution in [1.82, 2.24) is 0 Å². The maximum Gasteiger partial charge on any atom is 0.133 e. The highest BCUT2D eigenvalue weighted by Gasteiger charge is 2.09. The summed E-state index contributed by atoms with van der Waals surface area (Å²) in [6.07, 6.45) is 6.56. The highest BCUT2D eigenvalue weighted by atomic mass is 16.5. The zero-order chi connectivity index (χ0) is 8.97. The number of hydrogen-bond acceptors (Lipinski definition) is 2. The molecular formula is C10H14O2. The first kappa shape index (κ1) is 9.20. The van der Waals surface area contributed by atoms with Crippen LogP contribution in [0.3, 0.4) is 0 Å². The standard InChI is InChI=1S/C10H14O2/c1-8(11)5-6-10-4-3-7-12-9(10)2/h3-4,6,9H,5,7H2,1-2H3/b10-6-/t9-/m0/s1. The topological polar surface area (TPSA) is 26.3 Å². The number of hydrogen-bond donors (Lipinski definition) is 0. The summed E-state index contributed by atoms with van der Waals surface area (Å²) in [6.45, 7) is 4.27. The van der Waals surface area contributed by atoms with E-state index in [0.717, 1.165) is 5.57 Å². The van der Waals surface area contributed by atoms with Gasteiger partial charge in [0.25, 0.3) is 0 Å². The molecule has 0 aromatic carbocycles. The zero-order valence-electron chi connectivity index (χ0n) is 7.54. The Labute approximate surface area is 72.9 Å². The summed E-state index contributed by atoms with van der Waals surface area (Å²) in [5, 5.41) is 0. The Bertz CT molecular complexity index is 226. The number of ketones is 1. The number of carbonyl (C=O) groups excluding carboxylic acids is 1. The second-order valence-electron chi connectivity index (χ2n) is 2.99. The second-order valence-corrected chi connectivity index (χ2v) is 2.99. The first-order valence-electron chi connectivity index (χ1n) is 4.18. The normalized spacial score (nSPS) is 26.2. The first-order chi connectivity index (χ1) is 5.70. The van der Waals surface area contributed by atoms with Crippen LogP contribution in [0.2, 0.25) is 0 Å². The number of carbonyl (C=O) groups is 1. The van der Waals surface area contributed by atoms with Gasteiger partial charge in [-0.15, -0.1) is 0 Å². The third kappa shape index (κ3) is 2.62. The van der Waals surface area contributed by atoms with Gasteiger partial charge in [0.1, 0.15) is 5.78 Å². The lowest BCUT2D eigenvalue weighted by Gasteiger charge is -2.17. The summed E-state index contributed by atoms with van der Waals surface area (Å²) in [6, 6.07) is 0. The number of allylic oxidation sites excluding steroid dienone is 1. The van der Waals surface area contributed by atoms with Gasteiger partial charge in [0.05, 0.1) is 12.7 Å². The molecule has 2 heteroatoms. The van der Waals surface area contributed by atoms with Crippen molar-refractivity contribution in [2.75, 3.05) is 6.61 Å². The van der Waals surface area contributed by atoms with Crippen molar-refractivity contribution in [1.29, 1.82) is 0 Å². The quantitative estimate of drug-likeness (QED) is 0.626. The van der Waals surface area contributed by atoms with Crippen LogP contribution < -0.4 is 0 Å². The maximum atomic E-state index is 10.7. The van der Waals surface area contributed by atoms with Gasteiger partial charge >= 0.3 is 0 Å². The van der Waals surface area contributed by atoms with Crippen molar-refractivity contribution in [3.05, 3.63) is 23.8 Å². The van der Waals surface area contributed by atoms with E-state index in [0.29, 0.717) is 13.0 Å². The molecule has 0 saturated heterocycles. The van der Waals surface area contributed by atoms with Crippen LogP contribution in [-0.2, 0) is 9.53 Å². The summed E-state index contributed by atoms with van der Waals surface area (Å²) in [7, 11) is 0. The van der Waals surface area contributed by atoms with Gasteiger partial charge in [-0.1, -0.05) is 18.2 Å². The fourth-order valence-corrected chi connectivity index (χ4v) is 1.11. The smallest absolute Gasteiger partial charge is 0.133 e. The average Bonchev–Trinajstić information content (AvgIpc) is 2.03. The molecule has 0 unspecified atom stereocenters. The molecule has 0 N–H and O–H groups in total. The van der Waals surface area contributed by atoms with Gasteiger partial charge in [-0.05, 0) is 19.4 Å². The molecule has 1 atom stereocenters. The van der Waals surface area contributed by atoms with Gasteiger partial charge in [-0.25, -0.2) is 0 Å². The van der Waals surface area contributed by atoms with Gasteiger partial charge < -0.3 is 4.74 Å². The summed E-state index contributed by atoms with van der Waals surface area (Å²) >= 11 is 0. The summed E-state index contributed by atoms with van der Waals surface area (Å²) in [4.78, 5) is 10.7. The Hall–Kier alpha value is -0.890. The van der Waals surface area contributed by atoms with Gasteiger partial charge in [0.2, 0.25) is 0 Å². The Kier molecular flexibility index (Phi) is 3.23. The summed E-state index contributed by atoms with van der Waals surface area (Å²) in [5.41, 5.74) is 1.11. The lowest BCUT2D eigenvalue weighted by molar-refractivity contribution is -0.116. The second kappa shape index (κ2) is 4.21. The Morgan fingerprint density at radius 1 is 1.83 bits per heavy atom. The molecule has 0 saturated carbocycles. The predicted molar refractivity (Wildman–Crippen MR) is 47.9 cm³/mol. The molecule has 0 spiro atoms. The zero-order valence-corrected chi connectivity index (χ0v) is 7.54. The van der Waals surface area contributed by atoms with Crippen molar-refractivity contribution < 1.29 is 9.53 Å². The molecule has 0 aromatic heterocycles. The van der Waals surface area contributed by atoms with Gasteiger partial charge in [0, 0.05) is 6.42 Å². The molecule has 12 heavy (non-hydrogen) atoms. The van der Waals surface area contributed by atoms with E-state index in [4.69, 9.17) is 4.74 Å². The Balaban J connectivity index is 2.59. The van der Waals surface area contributed by atoms with Crippen LogP contribution in [0.4, 0.5) is 0 Å². The molecule has 0 amide bonds. The van der Waals surface area contributed by atoms with E-state index in [1.54, 1.807) is 6.92 Å². The highest BCUT2D eigenvalue weighted by molar-refractivity contribution is 5.77. The lowest BCUT2D eigenvalue weighted by atomic mass is 10.1. The number of Topliss-reactive ketones (excluding diaryl/α,β-unsaturated/α-hetero) is 1. The molecular weight excluding hydrogens is 152 g/mol. The molecule has 2 nitrogen and oxygen atoms in total. The maximum absolute atomic E-state index is 10.7. The SMILES string of the molecule is CC(=O)C/C=C1/C=CCO[C@H]1C. The predicted octanol–water partition coefficient (Wildman–Crippen LogP) is 1.87. The minimum absolute atomic E-state index is 0.134. The van der Waals surface area contributed by atoms with Crippen molar-refractivity contribution in [3.63, 3.8) is 0 Å². The van der Waals surface area contributed by atoms with Crippen LogP contribution in [0.15, 0.2) is 23.8 Å². The van der Waals surface area contributed by atoms with Crippen LogP contribution in [0.25, 0.3) is 0 Å². The molecule has 1 heterocycles. The molecule has 0 aliphatic carbocycles. The van der Waals surface area contributed by atoms with Crippen molar-refractivity contribution in [3.8, 4) is 0 Å². The van der Waals surface area contributed by atoms with E-state index in [1.807, 2.05) is 25.2 Å². The van der Waals surface area contributed by atoms with E-state index >= 15 is 0 Å². The molecule has 0 aromatic rings. The lowest BCUT2D eigenvalue weighted by Crippen LogP contribution is -2.14. The minimum Gasteiger partial charge on any atom is -0.370 e. The molecule has 0 radical (unpaired) electrons. The van der Waals surface area contributed by atoms with Crippen molar-refractivity contribution >= 4 is 5.78 Å². The van der Waals surface area contributed by atoms with E-state index in [9.17, 15) is 4.79 Å². The molecule has 1 rings (SSSR count). The molecule has 1 aliphatic rings. The van der Waals surface area contributed by atoms with Crippen LogP contribution in [0.1, 0.15) is 20.3 Å². The number of rotatable bonds is 2. The summed E-state index contributed by atoms with van der Waals surface area (Å²) < 4.78 is 5.36. The fraction of sp³-hybridized carbons (Fsp3) is 0.500.